The lowest BCUT2D eigenvalue weighted by molar-refractivity contribution is -0.145. The van der Waals surface area contributed by atoms with Gasteiger partial charge in [0.25, 0.3) is 5.56 Å². The van der Waals surface area contributed by atoms with E-state index in [9.17, 15) is 9.59 Å². The molecule has 0 bridgehead atoms. The summed E-state index contributed by atoms with van der Waals surface area (Å²) < 4.78 is 12.4. The molecule has 0 aliphatic rings. The predicted molar refractivity (Wildman–Crippen MR) is 115 cm³/mol. The van der Waals surface area contributed by atoms with Crippen molar-refractivity contribution in [3.8, 4) is 5.75 Å². The van der Waals surface area contributed by atoms with E-state index >= 15 is 0 Å². The molecule has 0 fully saturated rings. The Morgan fingerprint density at radius 2 is 2.07 bits per heavy atom. The number of halogens is 1. The summed E-state index contributed by atoms with van der Waals surface area (Å²) in [4.78, 5) is 28.9. The van der Waals surface area contributed by atoms with Crippen LogP contribution in [0.4, 0.5) is 0 Å². The minimum atomic E-state index is -0.431. The van der Waals surface area contributed by atoms with Crippen molar-refractivity contribution in [1.29, 1.82) is 0 Å². The highest BCUT2D eigenvalue weighted by Crippen LogP contribution is 2.16. The maximum absolute atomic E-state index is 12.9. The van der Waals surface area contributed by atoms with Crippen LogP contribution in [0.2, 0.25) is 0 Å². The summed E-state index contributed by atoms with van der Waals surface area (Å²) in [6.07, 6.45) is 2.12. The van der Waals surface area contributed by atoms with Crippen LogP contribution >= 0.6 is 15.9 Å². The fourth-order valence-corrected chi connectivity index (χ4v) is 3.06. The monoisotopic (exact) mass is 457 g/mol. The molecule has 0 radical (unpaired) electrons. The molecule has 0 spiro atoms. The number of carbonyl (C=O) groups is 1. The van der Waals surface area contributed by atoms with Gasteiger partial charge in [0, 0.05) is 10.9 Å². The lowest BCUT2D eigenvalue weighted by Crippen LogP contribution is -2.22. The second kappa shape index (κ2) is 9.47. The number of fused-ring (bicyclic) bond motifs is 1. The van der Waals surface area contributed by atoms with Crippen molar-refractivity contribution in [2.24, 2.45) is 5.10 Å². The van der Waals surface area contributed by atoms with Gasteiger partial charge in [-0.15, -0.1) is 0 Å². The summed E-state index contributed by atoms with van der Waals surface area (Å²) in [5.74, 6) is 0.639. The lowest BCUT2D eigenvalue weighted by Gasteiger charge is -2.08. The number of esters is 1. The minimum absolute atomic E-state index is 0.169. The Labute approximate surface area is 176 Å². The van der Waals surface area contributed by atoms with E-state index in [0.717, 1.165) is 10.0 Å². The molecule has 3 aromatic rings. The maximum atomic E-state index is 12.9. The molecule has 7 nitrogen and oxygen atoms in total. The molecule has 3 rings (SSSR count). The number of nitrogens with zero attached hydrogens (tertiary/aromatic N) is 3. The molecule has 0 N–H and O–H groups in total. The molecule has 1 aromatic heterocycles. The largest absolute Gasteiger partial charge is 0.482 e. The summed E-state index contributed by atoms with van der Waals surface area (Å²) in [6.45, 7) is 3.79. The minimum Gasteiger partial charge on any atom is -0.482 e. The van der Waals surface area contributed by atoms with Crippen molar-refractivity contribution in [3.63, 3.8) is 0 Å². The zero-order chi connectivity index (χ0) is 20.8. The Morgan fingerprint density at radius 1 is 1.24 bits per heavy atom. The van der Waals surface area contributed by atoms with Crippen LogP contribution in [0.5, 0.6) is 5.75 Å². The first-order chi connectivity index (χ1) is 14.0. The van der Waals surface area contributed by atoms with E-state index in [0.29, 0.717) is 35.5 Å². The molecule has 0 aliphatic carbocycles. The van der Waals surface area contributed by atoms with Gasteiger partial charge in [-0.3, -0.25) is 4.79 Å². The van der Waals surface area contributed by atoms with E-state index in [1.807, 2.05) is 19.1 Å². The Balaban J connectivity index is 1.89. The van der Waals surface area contributed by atoms with Crippen molar-refractivity contribution in [3.05, 3.63) is 68.7 Å². The van der Waals surface area contributed by atoms with E-state index in [1.165, 1.54) is 4.68 Å². The van der Waals surface area contributed by atoms with E-state index in [4.69, 9.17) is 9.47 Å². The molecule has 150 valence electrons. The molecule has 0 atom stereocenters. The number of hydrogen-bond donors (Lipinski definition) is 0. The van der Waals surface area contributed by atoms with Crippen molar-refractivity contribution in [2.75, 3.05) is 13.2 Å². The Bertz CT molecular complexity index is 1120. The number of aromatic nitrogens is 2. The summed E-state index contributed by atoms with van der Waals surface area (Å²) in [6, 6.07) is 12.4. The van der Waals surface area contributed by atoms with E-state index in [-0.39, 0.29) is 12.2 Å². The number of hydrogen-bond acceptors (Lipinski definition) is 6. The van der Waals surface area contributed by atoms with Gasteiger partial charge in [-0.05, 0) is 42.8 Å². The molecule has 2 aromatic carbocycles. The number of carbonyl (C=O) groups excluding carboxylic acids is 1. The van der Waals surface area contributed by atoms with Crippen molar-refractivity contribution in [1.82, 2.24) is 9.66 Å². The van der Waals surface area contributed by atoms with Gasteiger partial charge in [-0.25, -0.2) is 9.78 Å². The Hall–Kier alpha value is -3.00. The first-order valence-electron chi connectivity index (χ1n) is 9.15. The highest BCUT2D eigenvalue weighted by molar-refractivity contribution is 9.10. The van der Waals surface area contributed by atoms with Gasteiger partial charge in [-0.2, -0.15) is 9.78 Å². The molecule has 0 saturated carbocycles. The molecule has 0 amide bonds. The Morgan fingerprint density at radius 3 is 2.83 bits per heavy atom. The van der Waals surface area contributed by atoms with Crippen molar-refractivity contribution in [2.45, 2.75) is 20.3 Å². The van der Waals surface area contributed by atoms with Crippen molar-refractivity contribution < 1.29 is 14.3 Å². The smallest absolute Gasteiger partial charge is 0.344 e. The number of aryl methyl sites for hydroxylation is 1. The van der Waals surface area contributed by atoms with Crippen LogP contribution in [-0.2, 0) is 16.0 Å². The molecule has 8 heteroatoms. The van der Waals surface area contributed by atoms with Gasteiger partial charge >= 0.3 is 5.97 Å². The summed E-state index contributed by atoms with van der Waals surface area (Å²) in [7, 11) is 0. The van der Waals surface area contributed by atoms with Crippen LogP contribution in [0.1, 0.15) is 25.2 Å². The van der Waals surface area contributed by atoms with Crippen LogP contribution in [0.3, 0.4) is 0 Å². The molecular formula is C21H20BrN3O4. The van der Waals surface area contributed by atoms with Gasteiger partial charge in [0.2, 0.25) is 0 Å². The van der Waals surface area contributed by atoms with E-state index in [2.05, 4.69) is 26.0 Å². The highest BCUT2D eigenvalue weighted by atomic mass is 79.9. The van der Waals surface area contributed by atoms with Crippen molar-refractivity contribution >= 4 is 39.0 Å². The fourth-order valence-electron chi connectivity index (χ4n) is 2.70. The third-order valence-corrected chi connectivity index (χ3v) is 4.53. The SMILES string of the molecule is CCOC(=O)COc1cccc(C=Nn2c(CC)nc3ccc(Br)cc3c2=O)c1. The zero-order valence-electron chi connectivity index (χ0n) is 16.1. The summed E-state index contributed by atoms with van der Waals surface area (Å²) in [5, 5.41) is 4.83. The average Bonchev–Trinajstić information content (AvgIpc) is 2.72. The van der Waals surface area contributed by atoms with Gasteiger partial charge < -0.3 is 9.47 Å². The van der Waals surface area contributed by atoms with E-state index < -0.39 is 5.97 Å². The zero-order valence-corrected chi connectivity index (χ0v) is 17.7. The molecular weight excluding hydrogens is 438 g/mol. The highest BCUT2D eigenvalue weighted by Gasteiger charge is 2.10. The van der Waals surface area contributed by atoms with Crippen LogP contribution in [0.15, 0.2) is 56.8 Å². The molecule has 0 saturated heterocycles. The third-order valence-electron chi connectivity index (χ3n) is 4.03. The standard InChI is InChI=1S/C21H20BrN3O4/c1-3-19-24-18-9-8-15(22)11-17(18)21(27)25(19)23-12-14-6-5-7-16(10-14)29-13-20(26)28-4-2/h5-12H,3-4,13H2,1-2H3. The summed E-state index contributed by atoms with van der Waals surface area (Å²) >= 11 is 3.38. The normalized spacial score (nSPS) is 11.1. The van der Waals surface area contributed by atoms with Gasteiger partial charge in [0.05, 0.1) is 23.7 Å². The van der Waals surface area contributed by atoms with Gasteiger partial charge in [0.15, 0.2) is 6.61 Å². The molecule has 29 heavy (non-hydrogen) atoms. The first-order valence-corrected chi connectivity index (χ1v) is 9.95. The third kappa shape index (κ3) is 5.08. The number of benzene rings is 2. The van der Waals surface area contributed by atoms with Crippen LogP contribution in [0.25, 0.3) is 10.9 Å². The quantitative estimate of drug-likeness (QED) is 0.400. The summed E-state index contributed by atoms with van der Waals surface area (Å²) in [5.41, 5.74) is 1.12. The molecule has 0 unspecified atom stereocenters. The van der Waals surface area contributed by atoms with Gasteiger partial charge in [-0.1, -0.05) is 35.0 Å². The van der Waals surface area contributed by atoms with Gasteiger partial charge in [0.1, 0.15) is 11.6 Å². The maximum Gasteiger partial charge on any atom is 0.344 e. The Kier molecular flexibility index (Phi) is 6.77. The number of rotatable bonds is 7. The second-order valence-electron chi connectivity index (χ2n) is 6.07. The first kappa shape index (κ1) is 20.7. The predicted octanol–water partition coefficient (Wildman–Crippen LogP) is 3.55. The lowest BCUT2D eigenvalue weighted by atomic mass is 10.2. The number of ether oxygens (including phenoxy) is 2. The molecule has 1 heterocycles. The second-order valence-corrected chi connectivity index (χ2v) is 6.99. The average molecular weight is 458 g/mol. The molecule has 0 aliphatic heterocycles. The van der Waals surface area contributed by atoms with Crippen LogP contribution in [0, 0.1) is 0 Å². The van der Waals surface area contributed by atoms with Crippen LogP contribution < -0.4 is 10.3 Å². The fraction of sp³-hybridized carbons (Fsp3) is 0.238. The topological polar surface area (TPSA) is 82.8 Å². The van der Waals surface area contributed by atoms with Crippen LogP contribution in [-0.4, -0.2) is 35.1 Å². The van der Waals surface area contributed by atoms with E-state index in [1.54, 1.807) is 43.5 Å².